The van der Waals surface area contributed by atoms with Crippen molar-refractivity contribution in [2.24, 2.45) is 46.3 Å². The van der Waals surface area contributed by atoms with Gasteiger partial charge in [-0.05, 0) is 352 Å². The molecule has 4 saturated heterocycles. The first-order valence-corrected chi connectivity index (χ1v) is 53.6. The van der Waals surface area contributed by atoms with Gasteiger partial charge in [-0.15, -0.1) is 13.2 Å². The summed E-state index contributed by atoms with van der Waals surface area (Å²) in [7, 11) is 0. The lowest BCUT2D eigenvalue weighted by Gasteiger charge is -2.41. The first-order chi connectivity index (χ1) is 68.0. The highest BCUT2D eigenvalue weighted by atomic mass is 35.5. The number of nitrogens with zero attached hydrogens (tertiary/aromatic N) is 6. The molecule has 4 aliphatic heterocycles. The summed E-state index contributed by atoms with van der Waals surface area (Å²) in [5.41, 5.74) is 6.97. The molecule has 5 fully saturated rings. The summed E-state index contributed by atoms with van der Waals surface area (Å²) in [4.78, 5) is 17.2. The minimum absolute atomic E-state index is 0.0116. The van der Waals surface area contributed by atoms with Gasteiger partial charge in [0.05, 0.1) is 21.2 Å². The van der Waals surface area contributed by atoms with Crippen molar-refractivity contribution in [2.45, 2.75) is 314 Å². The molecule has 13 rings (SSSR count). The standard InChI is InChI=1S/C17H25Cl2N.C17H23ClF3N.C16H21ClF3N.C15H21Cl2N.C15H19F4NO.C12H14ClF4NO.C10H12Cl2.C10H10ClF3O/c1-12(15-6-5-14(18)11-16(15)19)20-9-7-13(8-10-20)17(2,3)4;1-16(2,3)13-4-6-22(7-5-13)11-12-8-14(17(19,20)21)10-15(18)9-12;1-11(2)12-5-7-21(8-6-12)10-13-9-14(17)3-4-15(13)16(18,19)20;1-11(2)13-5-7-18(8-6-13)10-12-3-4-14(16)15(17)9-12;1-14(2,3)10-6-11(9-4-5-9)12(20-7-10)21-8-15(18,19)13(16)17;1-11(2,3)7-4-8(13)9(18-5-7)19-6-12(16,17)10(14)15;1-10(2,3)7-4-8(11)6-9(12)5-7;1-6(2)7-3-8(11)5-9(4-7)15-10(12,13)14/h5-6,11-13H,7-10H2,1-4H3;8-10,13H,4-7,11H2,1-3H3;3-4,9,11-12H,5-8,10H2,1-2H3;3-4,9,11,13H,5-8,10H2,1-2H3;6-7,9,13H,4-5,8H2,1-3H3;4-5,10H,6H2,1-3H3;4-6H,1-3H3;3-6H,1-2H3. The highest BCUT2D eigenvalue weighted by Gasteiger charge is 2.45. The van der Waals surface area contributed by atoms with E-state index in [1.165, 1.54) is 92.0 Å². The number of pyridine rings is 2. The van der Waals surface area contributed by atoms with Gasteiger partial charge in [0.25, 0.3) is 0 Å². The minimum atomic E-state index is -4.68. The molecule has 148 heavy (non-hydrogen) atoms. The van der Waals surface area contributed by atoms with Gasteiger partial charge in [-0.25, -0.2) is 27.5 Å². The quantitative estimate of drug-likeness (QED) is 0.0655. The highest BCUT2D eigenvalue weighted by molar-refractivity contribution is 6.42. The SMILES string of the molecule is CC(C)(C)C1CCN(Cc2cc(Cl)cc(C(F)(F)F)c2)CC1.CC(C)(C)c1cc(Cl)cc(Cl)c1.CC(C)(C)c1cnc(OCC(F)(F)C(F)F)c(C2CC2)c1.CC(C)(C)c1cnc(OCC(F)(F)C(F)F)c(Cl)c1.CC(C)C1CCN(Cc2cc(Cl)ccc2C(F)(F)F)CC1.CC(C)C1CCN(Cc2ccc(Cl)c(Cl)c2)CC1.CC(C)c1cc(Cl)cc(OC(F)(F)F)c1.CC(c1ccc(Cl)cc1Cl)N1CCC(C(C)(C)C)CC1. The Morgan fingerprint density at radius 1 is 0.358 bits per heavy atom. The number of likely N-dealkylation sites (tertiary alicyclic amines) is 4. The number of alkyl halides is 17. The fraction of sp³-hybridized carbons (Fsp3) is 0.589. The van der Waals surface area contributed by atoms with Gasteiger partial charge in [0.15, 0.2) is 13.2 Å². The van der Waals surface area contributed by atoms with Crippen LogP contribution in [0.25, 0.3) is 0 Å². The van der Waals surface area contributed by atoms with E-state index in [0.717, 1.165) is 142 Å². The summed E-state index contributed by atoms with van der Waals surface area (Å²) in [6.45, 7) is 54.4. The third kappa shape index (κ3) is 45.4. The van der Waals surface area contributed by atoms with Crippen LogP contribution in [0.5, 0.6) is 17.5 Å². The van der Waals surface area contributed by atoms with Crippen molar-refractivity contribution in [1.82, 2.24) is 29.6 Å². The molecule has 2 aromatic heterocycles. The molecule has 1 atom stereocenters. The second-order valence-electron chi connectivity index (χ2n) is 45.0. The zero-order chi connectivity index (χ0) is 112. The first kappa shape index (κ1) is 131. The van der Waals surface area contributed by atoms with Crippen molar-refractivity contribution in [3.8, 4) is 17.5 Å². The Morgan fingerprint density at radius 3 is 1.21 bits per heavy atom. The highest BCUT2D eigenvalue weighted by Crippen LogP contribution is 2.48. The molecule has 8 aromatic rings. The maximum Gasteiger partial charge on any atom is 0.573 e. The van der Waals surface area contributed by atoms with Crippen LogP contribution < -0.4 is 14.2 Å². The van der Waals surface area contributed by atoms with Gasteiger partial charge >= 0.3 is 43.4 Å². The normalized spacial score (nSPS) is 16.5. The summed E-state index contributed by atoms with van der Waals surface area (Å²) in [6.07, 6.45) is -6.54. The molecule has 6 aromatic carbocycles. The predicted molar refractivity (Wildman–Crippen MR) is 574 cm³/mol. The van der Waals surface area contributed by atoms with Crippen molar-refractivity contribution in [1.29, 1.82) is 0 Å². The number of halogens is 27. The molecule has 0 spiro atoms. The third-order valence-electron chi connectivity index (χ3n) is 26.9. The van der Waals surface area contributed by atoms with Crippen LogP contribution >= 0.6 is 116 Å². The molecule has 0 amide bonds. The van der Waals surface area contributed by atoms with Gasteiger partial charge in [0.1, 0.15) is 10.8 Å². The fourth-order valence-electron chi connectivity index (χ4n) is 17.2. The fourth-order valence-corrected chi connectivity index (χ4v) is 19.5. The zero-order valence-electron chi connectivity index (χ0n) is 88.4. The number of benzene rings is 6. The number of ether oxygens (including phenoxy) is 3. The lowest BCUT2D eigenvalue weighted by Crippen LogP contribution is -2.39. The number of aromatic nitrogens is 2. The van der Waals surface area contributed by atoms with E-state index in [1.807, 2.05) is 97.9 Å². The topological polar surface area (TPSA) is 66.4 Å². The van der Waals surface area contributed by atoms with Gasteiger partial charge in [-0.3, -0.25) is 19.6 Å². The molecular weight excluding hydrogens is 2150 g/mol. The summed E-state index contributed by atoms with van der Waals surface area (Å²) in [5, 5.41) is 4.94. The Labute approximate surface area is 916 Å². The smallest absolute Gasteiger partial charge is 0.471 e. The van der Waals surface area contributed by atoms with Crippen molar-refractivity contribution in [3.05, 3.63) is 245 Å². The van der Waals surface area contributed by atoms with E-state index in [9.17, 15) is 74.6 Å². The van der Waals surface area contributed by atoms with E-state index in [4.69, 9.17) is 121 Å². The molecule has 0 bridgehead atoms. The number of piperidine rings is 4. The van der Waals surface area contributed by atoms with Crippen molar-refractivity contribution in [2.75, 3.05) is 65.6 Å². The Bertz CT molecular complexity index is 5390. The monoisotopic (exact) mass is 2290 g/mol. The van der Waals surface area contributed by atoms with Gasteiger partial charge in [0, 0.05) is 78.8 Å². The summed E-state index contributed by atoms with van der Waals surface area (Å²) >= 11 is 59.2. The molecule has 0 N–H and O–H groups in total. The molecule has 1 aliphatic carbocycles. The molecule has 0 radical (unpaired) electrons. The molecule has 1 saturated carbocycles. The van der Waals surface area contributed by atoms with E-state index in [-0.39, 0.29) is 66.2 Å². The number of hydrogen-bond donors (Lipinski definition) is 0. The predicted octanol–water partition coefficient (Wildman–Crippen LogP) is 39.0. The molecular formula is C112H145Cl10F17N6O3. The minimum Gasteiger partial charge on any atom is -0.471 e. The first-order valence-electron chi connectivity index (χ1n) is 49.8. The van der Waals surface area contributed by atoms with Crippen LogP contribution in [0.4, 0.5) is 74.6 Å². The van der Waals surface area contributed by atoms with Crippen molar-refractivity contribution < 1.29 is 88.8 Å². The Balaban J connectivity index is 0.000000260. The Morgan fingerprint density at radius 2 is 0.784 bits per heavy atom. The molecule has 5 aliphatic rings. The Hall–Kier alpha value is -5.43. The molecule has 830 valence electrons. The molecule has 36 heteroatoms. The van der Waals surface area contributed by atoms with Gasteiger partial charge in [-0.1, -0.05) is 274 Å². The van der Waals surface area contributed by atoms with Crippen molar-refractivity contribution >= 4 is 116 Å². The maximum absolute atomic E-state index is 13.0. The summed E-state index contributed by atoms with van der Waals surface area (Å²) < 4.78 is 226. The second kappa shape index (κ2) is 57.0. The van der Waals surface area contributed by atoms with Crippen LogP contribution in [-0.2, 0) is 48.2 Å². The van der Waals surface area contributed by atoms with Crippen LogP contribution in [0.1, 0.15) is 296 Å². The van der Waals surface area contributed by atoms with Crippen LogP contribution in [-0.4, -0.2) is 126 Å². The van der Waals surface area contributed by atoms with Gasteiger partial charge in [-0.2, -0.15) is 43.9 Å². The van der Waals surface area contributed by atoms with E-state index >= 15 is 0 Å². The van der Waals surface area contributed by atoms with Crippen LogP contribution in [0.15, 0.2) is 134 Å². The van der Waals surface area contributed by atoms with Crippen LogP contribution in [0.3, 0.4) is 0 Å². The van der Waals surface area contributed by atoms with Gasteiger partial charge < -0.3 is 14.2 Å². The lowest BCUT2D eigenvalue weighted by molar-refractivity contribution is -0.274. The molecule has 1 unspecified atom stereocenters. The average molecular weight is 2300 g/mol. The second-order valence-corrected chi connectivity index (χ2v) is 49.2. The van der Waals surface area contributed by atoms with E-state index < -0.39 is 67.8 Å². The van der Waals surface area contributed by atoms with Gasteiger partial charge in [0.2, 0.25) is 11.8 Å². The van der Waals surface area contributed by atoms with Crippen molar-refractivity contribution in [3.63, 3.8) is 0 Å². The van der Waals surface area contributed by atoms with E-state index in [0.29, 0.717) is 89.0 Å². The third-order valence-corrected chi connectivity index (χ3v) is 29.6. The number of rotatable bonds is 21. The number of hydrogen-bond acceptors (Lipinski definition) is 9. The largest absolute Gasteiger partial charge is 0.573 e. The summed E-state index contributed by atoms with van der Waals surface area (Å²) in [6, 6.07) is 33.0. The van der Waals surface area contributed by atoms with E-state index in [2.05, 4.69) is 148 Å². The lowest BCUT2D eigenvalue weighted by atomic mass is 9.75. The van der Waals surface area contributed by atoms with Crippen LogP contribution in [0, 0.1) is 46.3 Å². The van der Waals surface area contributed by atoms with E-state index in [1.54, 1.807) is 24.4 Å². The average Bonchev–Trinajstić information content (AvgIpc) is 1.66. The Kier molecular flexibility index (Phi) is 50.5. The zero-order valence-corrected chi connectivity index (χ0v) is 96.0. The van der Waals surface area contributed by atoms with Crippen LogP contribution in [0.2, 0.25) is 50.2 Å². The summed E-state index contributed by atoms with van der Waals surface area (Å²) in [5.74, 6) is -4.04. The molecule has 6 heterocycles. The molecule has 9 nitrogen and oxygen atoms in total. The maximum atomic E-state index is 13.0.